The zero-order valence-electron chi connectivity index (χ0n) is 15.0. The van der Waals surface area contributed by atoms with Crippen molar-refractivity contribution in [3.05, 3.63) is 24.3 Å². The van der Waals surface area contributed by atoms with Crippen LogP contribution in [0.5, 0.6) is 5.75 Å². The molecule has 24 heavy (non-hydrogen) atoms. The van der Waals surface area contributed by atoms with E-state index in [9.17, 15) is 8.42 Å². The topological polar surface area (TPSA) is 67.8 Å². The summed E-state index contributed by atoms with van der Waals surface area (Å²) in [6.07, 6.45) is 3.84. The van der Waals surface area contributed by atoms with E-state index in [0.717, 1.165) is 31.4 Å². The Morgan fingerprint density at radius 2 is 1.75 bits per heavy atom. The molecule has 1 aliphatic rings. The Morgan fingerprint density at radius 1 is 1.17 bits per heavy atom. The molecule has 0 atom stereocenters. The molecular weight excluding hydrogens is 324 g/mol. The maximum Gasteiger partial charge on any atom is 0.276 e. The monoisotopic (exact) mass is 352 g/mol. The van der Waals surface area contributed by atoms with Crippen LogP contribution in [0.3, 0.4) is 0 Å². The molecule has 134 valence electrons. The van der Waals surface area contributed by atoms with E-state index in [-0.39, 0.29) is 4.90 Å². The summed E-state index contributed by atoms with van der Waals surface area (Å²) in [5.74, 6) is 1.32. The minimum Gasteiger partial charge on any atom is -0.494 e. The highest BCUT2D eigenvalue weighted by molar-refractivity contribution is 7.89. The number of sulfonamides is 1. The van der Waals surface area contributed by atoms with Crippen LogP contribution in [0.2, 0.25) is 0 Å². The van der Waals surface area contributed by atoms with E-state index in [1.807, 2.05) is 6.92 Å². The van der Waals surface area contributed by atoms with Crippen LogP contribution in [-0.4, -0.2) is 20.7 Å². The van der Waals surface area contributed by atoms with E-state index in [2.05, 4.69) is 30.7 Å². The van der Waals surface area contributed by atoms with Crippen LogP contribution in [0.25, 0.3) is 0 Å². The van der Waals surface area contributed by atoms with Crippen molar-refractivity contribution in [2.75, 3.05) is 6.61 Å². The van der Waals surface area contributed by atoms with Gasteiger partial charge in [0.1, 0.15) is 5.75 Å². The van der Waals surface area contributed by atoms with Gasteiger partial charge in [-0.1, -0.05) is 20.8 Å². The highest BCUT2D eigenvalue weighted by Gasteiger charge is 2.28. The average Bonchev–Trinajstić information content (AvgIpc) is 2.53. The molecule has 2 rings (SSSR count). The van der Waals surface area contributed by atoms with Gasteiger partial charge in [-0.3, -0.25) is 0 Å². The minimum atomic E-state index is -3.63. The first-order chi connectivity index (χ1) is 11.2. The lowest BCUT2D eigenvalue weighted by atomic mass is 9.72. The number of nitrogens with zero attached hydrogens (tertiary/aromatic N) is 1. The van der Waals surface area contributed by atoms with E-state index < -0.39 is 10.0 Å². The van der Waals surface area contributed by atoms with E-state index in [0.29, 0.717) is 23.7 Å². The smallest absolute Gasteiger partial charge is 0.276 e. The predicted octanol–water partition coefficient (Wildman–Crippen LogP) is 3.96. The molecule has 1 aliphatic carbocycles. The van der Waals surface area contributed by atoms with Gasteiger partial charge in [-0.2, -0.15) is 13.5 Å². The highest BCUT2D eigenvalue weighted by Crippen LogP contribution is 2.36. The first kappa shape index (κ1) is 18.8. The van der Waals surface area contributed by atoms with Gasteiger partial charge in [0.25, 0.3) is 10.0 Å². The molecule has 0 amide bonds. The second-order valence-electron chi connectivity index (χ2n) is 7.32. The molecule has 1 aromatic rings. The molecule has 1 aromatic carbocycles. The Bertz CT molecular complexity index is 663. The van der Waals surface area contributed by atoms with Crippen LogP contribution < -0.4 is 9.57 Å². The van der Waals surface area contributed by atoms with Crippen LogP contribution in [0, 0.1) is 11.3 Å². The van der Waals surface area contributed by atoms with E-state index in [4.69, 9.17) is 4.74 Å². The standard InChI is InChI=1S/C18H28N2O3S/c1-5-23-16-10-12-17(13-11-16)24(21,22)20-19-15-8-6-14(7-9-15)18(2,3)4/h10-14,20H,5-9H2,1-4H3. The second-order valence-corrected chi connectivity index (χ2v) is 8.98. The van der Waals surface area contributed by atoms with Crippen molar-refractivity contribution in [1.82, 2.24) is 4.83 Å². The van der Waals surface area contributed by atoms with E-state index in [1.165, 1.54) is 12.1 Å². The lowest BCUT2D eigenvalue weighted by Crippen LogP contribution is -2.27. The Morgan fingerprint density at radius 3 is 2.25 bits per heavy atom. The SMILES string of the molecule is CCOc1ccc(S(=O)(=O)NN=C2CCC(C(C)(C)C)CC2)cc1. The van der Waals surface area contributed by atoms with Crippen molar-refractivity contribution in [2.24, 2.45) is 16.4 Å². The van der Waals surface area contributed by atoms with E-state index >= 15 is 0 Å². The van der Waals surface area contributed by atoms with Crippen molar-refractivity contribution in [2.45, 2.75) is 58.3 Å². The summed E-state index contributed by atoms with van der Waals surface area (Å²) in [5.41, 5.74) is 1.23. The summed E-state index contributed by atoms with van der Waals surface area (Å²) in [6.45, 7) is 9.21. The third-order valence-corrected chi connectivity index (χ3v) is 5.78. The van der Waals surface area contributed by atoms with Gasteiger partial charge in [0.2, 0.25) is 0 Å². The van der Waals surface area contributed by atoms with Crippen LogP contribution in [0.15, 0.2) is 34.3 Å². The van der Waals surface area contributed by atoms with Crippen LogP contribution in [0.4, 0.5) is 0 Å². The molecule has 1 fully saturated rings. The van der Waals surface area contributed by atoms with Crippen molar-refractivity contribution in [3.8, 4) is 5.75 Å². The van der Waals surface area contributed by atoms with Crippen LogP contribution >= 0.6 is 0 Å². The summed E-state index contributed by atoms with van der Waals surface area (Å²) >= 11 is 0. The van der Waals surface area contributed by atoms with Crippen molar-refractivity contribution in [3.63, 3.8) is 0 Å². The van der Waals surface area contributed by atoms with Crippen molar-refractivity contribution < 1.29 is 13.2 Å². The summed E-state index contributed by atoms with van der Waals surface area (Å²) in [5, 5.41) is 4.15. The summed E-state index contributed by atoms with van der Waals surface area (Å²) in [6, 6.07) is 6.37. The molecule has 0 radical (unpaired) electrons. The van der Waals surface area contributed by atoms with Gasteiger partial charge in [-0.15, -0.1) is 0 Å². The number of rotatable bonds is 5. The fourth-order valence-corrected chi connectivity index (χ4v) is 3.84. The quantitative estimate of drug-likeness (QED) is 0.816. The molecule has 0 unspecified atom stereocenters. The molecule has 1 N–H and O–H groups in total. The lowest BCUT2D eigenvalue weighted by molar-refractivity contribution is 0.208. The second kappa shape index (κ2) is 7.55. The predicted molar refractivity (Wildman–Crippen MR) is 96.8 cm³/mol. The summed E-state index contributed by atoms with van der Waals surface area (Å²) in [4.78, 5) is 2.56. The number of hydrazone groups is 1. The number of hydrogen-bond donors (Lipinski definition) is 1. The van der Waals surface area contributed by atoms with Gasteiger partial charge in [0, 0.05) is 5.71 Å². The van der Waals surface area contributed by atoms with Gasteiger partial charge < -0.3 is 4.74 Å². The van der Waals surface area contributed by atoms with Gasteiger partial charge in [0.15, 0.2) is 0 Å². The molecule has 0 aromatic heterocycles. The zero-order valence-corrected chi connectivity index (χ0v) is 15.8. The number of benzene rings is 1. The lowest BCUT2D eigenvalue weighted by Gasteiger charge is -2.34. The first-order valence-corrected chi connectivity index (χ1v) is 10.0. The van der Waals surface area contributed by atoms with Crippen LogP contribution in [0.1, 0.15) is 53.4 Å². The molecule has 0 heterocycles. The molecule has 0 aliphatic heterocycles. The first-order valence-electron chi connectivity index (χ1n) is 8.52. The number of nitrogens with one attached hydrogen (secondary N) is 1. The summed E-state index contributed by atoms with van der Waals surface area (Å²) < 4.78 is 29.9. The van der Waals surface area contributed by atoms with Crippen LogP contribution in [-0.2, 0) is 10.0 Å². The third kappa shape index (κ3) is 4.97. The Balaban J connectivity index is 1.97. The third-order valence-electron chi connectivity index (χ3n) is 4.56. The number of ether oxygens (including phenoxy) is 1. The van der Waals surface area contributed by atoms with Crippen molar-refractivity contribution in [1.29, 1.82) is 0 Å². The molecule has 5 nitrogen and oxygen atoms in total. The normalized spacial score (nSPS) is 19.0. The van der Waals surface area contributed by atoms with Gasteiger partial charge >= 0.3 is 0 Å². The molecule has 1 saturated carbocycles. The Kier molecular flexibility index (Phi) is 5.91. The largest absolute Gasteiger partial charge is 0.494 e. The number of hydrogen-bond acceptors (Lipinski definition) is 4. The zero-order chi connectivity index (χ0) is 17.8. The van der Waals surface area contributed by atoms with Gasteiger partial charge in [0.05, 0.1) is 11.5 Å². The maximum atomic E-state index is 12.3. The highest BCUT2D eigenvalue weighted by atomic mass is 32.2. The average molecular weight is 353 g/mol. The fourth-order valence-electron chi connectivity index (χ4n) is 2.99. The van der Waals surface area contributed by atoms with Crippen molar-refractivity contribution >= 4 is 15.7 Å². The van der Waals surface area contributed by atoms with Gasteiger partial charge in [-0.05, 0) is 68.2 Å². The molecule has 0 bridgehead atoms. The fraction of sp³-hybridized carbons (Fsp3) is 0.611. The molecule has 0 saturated heterocycles. The van der Waals surface area contributed by atoms with E-state index in [1.54, 1.807) is 12.1 Å². The molecular formula is C18H28N2O3S. The maximum absolute atomic E-state index is 12.3. The Labute approximate surface area is 145 Å². The Hall–Kier alpha value is -1.56. The summed E-state index contributed by atoms with van der Waals surface area (Å²) in [7, 11) is -3.63. The van der Waals surface area contributed by atoms with Gasteiger partial charge in [-0.25, -0.2) is 4.83 Å². The minimum absolute atomic E-state index is 0.193. The molecule has 0 spiro atoms. The molecule has 6 heteroatoms.